The highest BCUT2D eigenvalue weighted by molar-refractivity contribution is 5.97. The van der Waals surface area contributed by atoms with Crippen molar-refractivity contribution in [1.29, 1.82) is 5.26 Å². The van der Waals surface area contributed by atoms with Crippen molar-refractivity contribution in [2.45, 2.75) is 33.3 Å². The summed E-state index contributed by atoms with van der Waals surface area (Å²) in [4.78, 5) is 26.4. The van der Waals surface area contributed by atoms with Crippen molar-refractivity contribution < 1.29 is 23.8 Å². The summed E-state index contributed by atoms with van der Waals surface area (Å²) in [6.45, 7) is 6.02. The van der Waals surface area contributed by atoms with E-state index >= 15 is 0 Å². The summed E-state index contributed by atoms with van der Waals surface area (Å²) < 4.78 is 16.1. The lowest BCUT2D eigenvalue weighted by Crippen LogP contribution is -2.35. The SMILES string of the molecule is CCOc1ccc(N(CCC#N)C(=O)COC(=O)c2ccc(OC(C)C)cc2)cc1. The van der Waals surface area contributed by atoms with E-state index in [1.165, 1.54) is 4.90 Å². The Labute approximate surface area is 176 Å². The predicted octanol–water partition coefficient (Wildman–Crippen LogP) is 3.98. The Morgan fingerprint density at radius 1 is 1.03 bits per heavy atom. The Kier molecular flexibility index (Phi) is 8.70. The Balaban J connectivity index is 2.01. The number of hydrogen-bond acceptors (Lipinski definition) is 6. The van der Waals surface area contributed by atoms with Crippen LogP contribution >= 0.6 is 0 Å². The van der Waals surface area contributed by atoms with Gasteiger partial charge in [-0.1, -0.05) is 0 Å². The fourth-order valence-corrected chi connectivity index (χ4v) is 2.68. The summed E-state index contributed by atoms with van der Waals surface area (Å²) in [5.74, 6) is 0.315. The lowest BCUT2D eigenvalue weighted by Gasteiger charge is -2.22. The van der Waals surface area contributed by atoms with Gasteiger partial charge in [-0.25, -0.2) is 4.79 Å². The number of nitrogens with zero attached hydrogens (tertiary/aromatic N) is 2. The summed E-state index contributed by atoms with van der Waals surface area (Å²) in [6, 6.07) is 15.5. The molecule has 0 aliphatic rings. The van der Waals surface area contributed by atoms with Crippen molar-refractivity contribution >= 4 is 17.6 Å². The summed E-state index contributed by atoms with van der Waals surface area (Å²) in [7, 11) is 0. The molecule has 0 radical (unpaired) electrons. The molecule has 2 aromatic rings. The number of benzene rings is 2. The first-order chi connectivity index (χ1) is 14.4. The molecule has 0 aliphatic carbocycles. The molecule has 30 heavy (non-hydrogen) atoms. The maximum absolute atomic E-state index is 12.7. The molecular formula is C23H26N2O5. The Bertz CT molecular complexity index is 870. The summed E-state index contributed by atoms with van der Waals surface area (Å²) >= 11 is 0. The van der Waals surface area contributed by atoms with Crippen LogP contribution in [0.15, 0.2) is 48.5 Å². The summed E-state index contributed by atoms with van der Waals surface area (Å²) in [6.07, 6.45) is 0.187. The predicted molar refractivity (Wildman–Crippen MR) is 113 cm³/mol. The van der Waals surface area contributed by atoms with Crippen LogP contribution in [-0.4, -0.2) is 37.7 Å². The van der Waals surface area contributed by atoms with Crippen molar-refractivity contribution in [2.75, 3.05) is 24.7 Å². The number of hydrogen-bond donors (Lipinski definition) is 0. The molecule has 0 saturated heterocycles. The molecule has 1 amide bonds. The molecule has 0 atom stereocenters. The molecule has 0 aromatic heterocycles. The number of rotatable bonds is 10. The number of anilines is 1. The van der Waals surface area contributed by atoms with Gasteiger partial charge in [-0.2, -0.15) is 5.26 Å². The second kappa shape index (κ2) is 11.5. The number of nitriles is 1. The maximum Gasteiger partial charge on any atom is 0.338 e. The smallest absolute Gasteiger partial charge is 0.338 e. The van der Waals surface area contributed by atoms with Gasteiger partial charge in [0.2, 0.25) is 0 Å². The van der Waals surface area contributed by atoms with Gasteiger partial charge < -0.3 is 19.1 Å². The molecule has 0 bridgehead atoms. The van der Waals surface area contributed by atoms with Crippen molar-refractivity contribution in [3.05, 3.63) is 54.1 Å². The zero-order valence-electron chi connectivity index (χ0n) is 17.5. The third kappa shape index (κ3) is 6.82. The minimum Gasteiger partial charge on any atom is -0.494 e. The Morgan fingerprint density at radius 3 is 2.23 bits per heavy atom. The van der Waals surface area contributed by atoms with Gasteiger partial charge in [0.15, 0.2) is 6.61 Å². The van der Waals surface area contributed by atoms with E-state index in [0.717, 1.165) is 0 Å². The molecule has 158 valence electrons. The van der Waals surface area contributed by atoms with E-state index in [1.807, 2.05) is 26.8 Å². The number of amides is 1. The second-order valence-corrected chi connectivity index (χ2v) is 6.65. The van der Waals surface area contributed by atoms with Crippen molar-refractivity contribution in [1.82, 2.24) is 0 Å². The third-order valence-electron chi connectivity index (χ3n) is 4.00. The molecule has 0 spiro atoms. The van der Waals surface area contributed by atoms with Crippen molar-refractivity contribution in [3.8, 4) is 17.6 Å². The van der Waals surface area contributed by atoms with Gasteiger partial charge in [-0.05, 0) is 69.3 Å². The number of carbonyl (C=O) groups is 2. The van der Waals surface area contributed by atoms with Crippen LogP contribution in [0.3, 0.4) is 0 Å². The fraction of sp³-hybridized carbons (Fsp3) is 0.348. The highest BCUT2D eigenvalue weighted by Gasteiger charge is 2.18. The molecule has 7 heteroatoms. The summed E-state index contributed by atoms with van der Waals surface area (Å²) in [5.41, 5.74) is 0.925. The van der Waals surface area contributed by atoms with Gasteiger partial charge in [-0.15, -0.1) is 0 Å². The van der Waals surface area contributed by atoms with E-state index in [9.17, 15) is 9.59 Å². The van der Waals surface area contributed by atoms with Gasteiger partial charge in [0.1, 0.15) is 11.5 Å². The lowest BCUT2D eigenvalue weighted by molar-refractivity contribution is -0.121. The first-order valence-corrected chi connectivity index (χ1v) is 9.78. The van der Waals surface area contributed by atoms with Crippen LogP contribution < -0.4 is 14.4 Å². The van der Waals surface area contributed by atoms with E-state index in [2.05, 4.69) is 0 Å². The largest absolute Gasteiger partial charge is 0.494 e. The molecule has 0 saturated carbocycles. The molecule has 0 fully saturated rings. The minimum absolute atomic E-state index is 0.0300. The Morgan fingerprint density at radius 2 is 1.67 bits per heavy atom. The maximum atomic E-state index is 12.7. The average Bonchev–Trinajstić information content (AvgIpc) is 2.73. The van der Waals surface area contributed by atoms with Crippen LogP contribution in [0.4, 0.5) is 5.69 Å². The molecule has 0 aliphatic heterocycles. The molecule has 2 aromatic carbocycles. The molecule has 0 N–H and O–H groups in total. The number of ether oxygens (including phenoxy) is 3. The standard InChI is InChI=1S/C23H26N2O5/c1-4-28-20-12-8-19(9-13-20)25(15-5-14-24)22(26)16-29-23(27)18-6-10-21(11-7-18)30-17(2)3/h6-13,17H,4-5,15-16H2,1-3H3. The number of carbonyl (C=O) groups excluding carboxylic acids is 2. The molecule has 2 rings (SSSR count). The van der Waals surface area contributed by atoms with E-state index in [4.69, 9.17) is 19.5 Å². The summed E-state index contributed by atoms with van der Waals surface area (Å²) in [5, 5.41) is 8.90. The van der Waals surface area contributed by atoms with Gasteiger partial charge in [0.05, 0.1) is 30.8 Å². The molecule has 7 nitrogen and oxygen atoms in total. The normalized spacial score (nSPS) is 10.2. The zero-order chi connectivity index (χ0) is 21.9. The van der Waals surface area contributed by atoms with Crippen LogP contribution in [-0.2, 0) is 9.53 Å². The van der Waals surface area contributed by atoms with E-state index < -0.39 is 18.5 Å². The van der Waals surface area contributed by atoms with Gasteiger partial charge in [-0.3, -0.25) is 4.79 Å². The minimum atomic E-state index is -0.605. The van der Waals surface area contributed by atoms with Crippen molar-refractivity contribution in [3.63, 3.8) is 0 Å². The highest BCUT2D eigenvalue weighted by Crippen LogP contribution is 2.20. The van der Waals surface area contributed by atoms with Crippen molar-refractivity contribution in [2.24, 2.45) is 0 Å². The van der Waals surface area contributed by atoms with Gasteiger partial charge >= 0.3 is 5.97 Å². The monoisotopic (exact) mass is 410 g/mol. The topological polar surface area (TPSA) is 88.9 Å². The van der Waals surface area contributed by atoms with Crippen LogP contribution in [0.25, 0.3) is 0 Å². The quantitative estimate of drug-likeness (QED) is 0.551. The van der Waals surface area contributed by atoms with Crippen LogP contribution in [0.5, 0.6) is 11.5 Å². The van der Waals surface area contributed by atoms with E-state index in [1.54, 1.807) is 48.5 Å². The number of esters is 1. The average molecular weight is 410 g/mol. The second-order valence-electron chi connectivity index (χ2n) is 6.65. The highest BCUT2D eigenvalue weighted by atomic mass is 16.5. The third-order valence-corrected chi connectivity index (χ3v) is 4.00. The van der Waals surface area contributed by atoms with Gasteiger partial charge in [0.25, 0.3) is 5.91 Å². The molecule has 0 unspecified atom stereocenters. The van der Waals surface area contributed by atoms with Crippen LogP contribution in [0.2, 0.25) is 0 Å². The Hall–Kier alpha value is -3.53. The lowest BCUT2D eigenvalue weighted by atomic mass is 10.2. The first kappa shape index (κ1) is 22.8. The molecular weight excluding hydrogens is 384 g/mol. The van der Waals surface area contributed by atoms with Crippen LogP contribution in [0, 0.1) is 11.3 Å². The first-order valence-electron chi connectivity index (χ1n) is 9.78. The zero-order valence-corrected chi connectivity index (χ0v) is 17.5. The van der Waals surface area contributed by atoms with E-state index in [0.29, 0.717) is 29.4 Å². The molecule has 0 heterocycles. The fourth-order valence-electron chi connectivity index (χ4n) is 2.68. The van der Waals surface area contributed by atoms with E-state index in [-0.39, 0.29) is 19.1 Å². The van der Waals surface area contributed by atoms with Gasteiger partial charge in [0, 0.05) is 12.2 Å². The van der Waals surface area contributed by atoms with Crippen LogP contribution in [0.1, 0.15) is 37.6 Å².